The molecule has 0 bridgehead atoms. The fraction of sp³-hybridized carbons (Fsp3) is 0.407. The normalized spacial score (nSPS) is 20.8. The van der Waals surface area contributed by atoms with Gasteiger partial charge in [0.05, 0.1) is 0 Å². The number of nitrogens with one attached hydrogen (secondary N) is 1. The van der Waals surface area contributed by atoms with E-state index in [0.717, 1.165) is 41.7 Å². The van der Waals surface area contributed by atoms with Crippen LogP contribution in [0, 0.1) is 13.8 Å². The second kappa shape index (κ2) is 8.89. The molecular weight excluding hydrogens is 416 g/mol. The van der Waals surface area contributed by atoms with Crippen LogP contribution >= 0.6 is 11.3 Å². The van der Waals surface area contributed by atoms with Gasteiger partial charge in [-0.15, -0.1) is 11.3 Å². The van der Waals surface area contributed by atoms with Crippen LogP contribution in [0.5, 0.6) is 5.75 Å². The Morgan fingerprint density at radius 3 is 2.91 bits per heavy atom. The average Bonchev–Trinajstić information content (AvgIpc) is 3.35. The zero-order valence-corrected chi connectivity index (χ0v) is 19.9. The van der Waals surface area contributed by atoms with Crippen molar-refractivity contribution < 1.29 is 9.84 Å². The van der Waals surface area contributed by atoms with Crippen molar-refractivity contribution in [3.8, 4) is 5.75 Å². The van der Waals surface area contributed by atoms with Crippen molar-refractivity contribution in [2.75, 3.05) is 19.7 Å². The van der Waals surface area contributed by atoms with E-state index in [4.69, 9.17) is 4.74 Å². The van der Waals surface area contributed by atoms with Crippen molar-refractivity contribution in [1.29, 1.82) is 0 Å². The van der Waals surface area contributed by atoms with Gasteiger partial charge in [0.15, 0.2) is 0 Å². The second-order valence-corrected chi connectivity index (χ2v) is 10.3. The Hall–Kier alpha value is -2.34. The lowest BCUT2D eigenvalue weighted by molar-refractivity contribution is 0.0406. The van der Waals surface area contributed by atoms with E-state index < -0.39 is 6.10 Å². The molecule has 1 saturated heterocycles. The third-order valence-electron chi connectivity index (χ3n) is 6.91. The maximum atomic E-state index is 10.7. The summed E-state index contributed by atoms with van der Waals surface area (Å²) in [6.45, 7) is 8.51. The number of piperidine rings is 1. The Labute approximate surface area is 193 Å². The number of aromatic nitrogens is 1. The summed E-state index contributed by atoms with van der Waals surface area (Å²) in [4.78, 5) is 5.75. The molecule has 1 aliphatic heterocycles. The van der Waals surface area contributed by atoms with Gasteiger partial charge in [-0.2, -0.15) is 0 Å². The molecule has 0 spiro atoms. The molecule has 32 heavy (non-hydrogen) atoms. The molecule has 2 N–H and O–H groups in total. The number of hydrogen-bond acceptors (Lipinski definition) is 4. The monoisotopic (exact) mass is 448 g/mol. The minimum Gasteiger partial charge on any atom is -0.490 e. The molecule has 1 aliphatic rings. The van der Waals surface area contributed by atoms with Crippen LogP contribution < -0.4 is 4.74 Å². The molecule has 0 aliphatic carbocycles. The second-order valence-electron chi connectivity index (χ2n) is 9.37. The van der Waals surface area contributed by atoms with E-state index in [2.05, 4.69) is 59.4 Å². The summed E-state index contributed by atoms with van der Waals surface area (Å²) in [6, 6.07) is 15.6. The topological polar surface area (TPSA) is 48.5 Å². The number of nitrogens with zero attached hydrogens (tertiary/aromatic N) is 1. The number of H-pyrrole nitrogens is 1. The fourth-order valence-corrected chi connectivity index (χ4v) is 6.05. The molecular formula is C27H32N2O2S. The van der Waals surface area contributed by atoms with Crippen LogP contribution in [0.15, 0.2) is 47.8 Å². The fourth-order valence-electron chi connectivity index (χ4n) is 5.12. The predicted octanol–water partition coefficient (Wildman–Crippen LogP) is 6.01. The first-order valence-electron chi connectivity index (χ1n) is 11.6. The third kappa shape index (κ3) is 4.29. The van der Waals surface area contributed by atoms with Crippen LogP contribution in [0.1, 0.15) is 42.5 Å². The summed E-state index contributed by atoms with van der Waals surface area (Å²) in [5, 5.41) is 15.4. The average molecular weight is 449 g/mol. The standard InChI is InChI=1S/C27H32N2O2S/c1-17-16-32-27-8-7-20(13-23(17)27)21-9-10-29(19(3)12-21)14-22(30)15-31-26-6-4-5-25-24(26)11-18(2)28-25/h4-8,11,13,16,19,21-22,28,30H,9-10,12,14-15H2,1-3H3/t19-,21-,22-/m0/s1. The van der Waals surface area contributed by atoms with E-state index in [0.29, 0.717) is 25.1 Å². The van der Waals surface area contributed by atoms with E-state index in [-0.39, 0.29) is 0 Å². The van der Waals surface area contributed by atoms with Crippen LogP contribution in [0.25, 0.3) is 21.0 Å². The van der Waals surface area contributed by atoms with E-state index in [1.54, 1.807) is 0 Å². The predicted molar refractivity (Wildman–Crippen MR) is 134 cm³/mol. The Bertz CT molecular complexity index is 1230. The molecule has 0 radical (unpaired) electrons. The van der Waals surface area contributed by atoms with E-state index >= 15 is 0 Å². The number of thiophene rings is 1. The van der Waals surface area contributed by atoms with Gasteiger partial charge in [0, 0.05) is 33.9 Å². The molecule has 2 aromatic heterocycles. The van der Waals surface area contributed by atoms with Gasteiger partial charge in [0.1, 0.15) is 18.5 Å². The molecule has 5 rings (SSSR count). The molecule has 4 aromatic rings. The van der Waals surface area contributed by atoms with Crippen molar-refractivity contribution in [3.63, 3.8) is 0 Å². The Morgan fingerprint density at radius 1 is 1.19 bits per heavy atom. The maximum Gasteiger partial charge on any atom is 0.128 e. The first-order valence-corrected chi connectivity index (χ1v) is 12.5. The quantitative estimate of drug-likeness (QED) is 0.380. The Balaban J connectivity index is 1.18. The van der Waals surface area contributed by atoms with Gasteiger partial charge in [-0.05, 0) is 98.3 Å². The molecule has 0 saturated carbocycles. The number of hydrogen-bond donors (Lipinski definition) is 2. The Kier molecular flexibility index (Phi) is 5.97. The summed E-state index contributed by atoms with van der Waals surface area (Å²) >= 11 is 1.83. The van der Waals surface area contributed by atoms with Crippen molar-refractivity contribution in [2.24, 2.45) is 0 Å². The summed E-state index contributed by atoms with van der Waals surface area (Å²) in [7, 11) is 0. The third-order valence-corrected chi connectivity index (χ3v) is 7.99. The number of aromatic amines is 1. The van der Waals surface area contributed by atoms with Gasteiger partial charge in [0.2, 0.25) is 0 Å². The van der Waals surface area contributed by atoms with Crippen molar-refractivity contribution in [2.45, 2.75) is 51.7 Å². The summed E-state index contributed by atoms with van der Waals surface area (Å²) in [5.41, 5.74) is 5.03. The summed E-state index contributed by atoms with van der Waals surface area (Å²) in [6.07, 6.45) is 1.76. The highest BCUT2D eigenvalue weighted by molar-refractivity contribution is 7.17. The molecule has 0 amide bonds. The van der Waals surface area contributed by atoms with Gasteiger partial charge in [-0.25, -0.2) is 0 Å². The highest BCUT2D eigenvalue weighted by Crippen LogP contribution is 2.35. The summed E-state index contributed by atoms with van der Waals surface area (Å²) in [5.74, 6) is 1.42. The summed E-state index contributed by atoms with van der Waals surface area (Å²) < 4.78 is 7.39. The largest absolute Gasteiger partial charge is 0.490 e. The molecule has 5 heteroatoms. The van der Waals surface area contributed by atoms with Crippen LogP contribution in [-0.4, -0.2) is 46.8 Å². The number of ether oxygens (including phenoxy) is 1. The number of rotatable bonds is 6. The molecule has 4 nitrogen and oxygen atoms in total. The molecule has 2 aromatic carbocycles. The van der Waals surface area contributed by atoms with Crippen molar-refractivity contribution in [1.82, 2.24) is 9.88 Å². The van der Waals surface area contributed by atoms with Crippen LogP contribution in [-0.2, 0) is 0 Å². The minimum absolute atomic E-state index is 0.310. The van der Waals surface area contributed by atoms with Crippen LogP contribution in [0.2, 0.25) is 0 Å². The lowest BCUT2D eigenvalue weighted by Gasteiger charge is -2.38. The number of β-amino-alcohol motifs (C(OH)–C–C–N with tert-alkyl or cyclic N) is 1. The molecule has 0 unspecified atom stereocenters. The van der Waals surface area contributed by atoms with Gasteiger partial charge in [-0.3, -0.25) is 4.90 Å². The molecule has 3 heterocycles. The van der Waals surface area contributed by atoms with Gasteiger partial charge >= 0.3 is 0 Å². The maximum absolute atomic E-state index is 10.7. The van der Waals surface area contributed by atoms with Gasteiger partial charge < -0.3 is 14.8 Å². The van der Waals surface area contributed by atoms with Crippen LogP contribution in [0.3, 0.4) is 0 Å². The SMILES string of the molecule is Cc1cc2c(OC[C@@H](O)CN3CC[C@H](c4ccc5scc(C)c5c4)C[C@@H]3C)cccc2[nH]1. The number of fused-ring (bicyclic) bond motifs is 2. The van der Waals surface area contributed by atoms with Gasteiger partial charge in [-0.1, -0.05) is 12.1 Å². The molecule has 1 fully saturated rings. The number of benzene rings is 2. The first-order chi connectivity index (χ1) is 15.5. The number of aliphatic hydroxyl groups is 1. The number of aryl methyl sites for hydroxylation is 2. The zero-order chi connectivity index (χ0) is 22.2. The van der Waals surface area contributed by atoms with Crippen LogP contribution in [0.4, 0.5) is 0 Å². The van der Waals surface area contributed by atoms with E-state index in [1.165, 1.54) is 21.2 Å². The molecule has 168 valence electrons. The van der Waals surface area contributed by atoms with Crippen molar-refractivity contribution >= 4 is 32.3 Å². The number of aliphatic hydroxyl groups excluding tert-OH is 1. The lowest BCUT2D eigenvalue weighted by atomic mass is 9.85. The Morgan fingerprint density at radius 2 is 2.06 bits per heavy atom. The molecule has 3 atom stereocenters. The highest BCUT2D eigenvalue weighted by Gasteiger charge is 2.28. The highest BCUT2D eigenvalue weighted by atomic mass is 32.1. The lowest BCUT2D eigenvalue weighted by Crippen LogP contribution is -2.45. The first kappa shape index (κ1) is 21.5. The smallest absolute Gasteiger partial charge is 0.128 e. The van der Waals surface area contributed by atoms with Gasteiger partial charge in [0.25, 0.3) is 0 Å². The van der Waals surface area contributed by atoms with E-state index in [1.807, 2.05) is 30.4 Å². The minimum atomic E-state index is -0.505. The van der Waals surface area contributed by atoms with Crippen molar-refractivity contribution in [3.05, 3.63) is 64.7 Å². The number of likely N-dealkylation sites (tertiary alicyclic amines) is 1. The zero-order valence-electron chi connectivity index (χ0n) is 19.1. The van der Waals surface area contributed by atoms with E-state index in [9.17, 15) is 5.11 Å².